The molecule has 1 rings (SSSR count). The molecule has 0 saturated carbocycles. The molecular formula is C12H18BrNO. The maximum Gasteiger partial charge on any atom is 0.0788 e. The maximum atomic E-state index is 9.84. The van der Waals surface area contributed by atoms with Crippen molar-refractivity contribution in [3.05, 3.63) is 28.2 Å². The van der Waals surface area contributed by atoms with Crippen LogP contribution in [0.15, 0.2) is 22.7 Å². The molecule has 2 N–H and O–H groups in total. The highest BCUT2D eigenvalue weighted by Gasteiger charge is 2.16. The monoisotopic (exact) mass is 271 g/mol. The Morgan fingerprint density at radius 2 is 2.13 bits per heavy atom. The molecule has 0 radical (unpaired) electrons. The Morgan fingerprint density at radius 3 is 2.67 bits per heavy atom. The van der Waals surface area contributed by atoms with Crippen molar-refractivity contribution in [2.75, 3.05) is 11.9 Å². The van der Waals surface area contributed by atoms with Crippen molar-refractivity contribution in [2.24, 2.45) is 0 Å². The summed E-state index contributed by atoms with van der Waals surface area (Å²) >= 11 is 3.46. The SMILES string of the molecule is CCC(C)(O)CNc1ccc(Br)c(C)c1. The minimum Gasteiger partial charge on any atom is -0.388 e. The summed E-state index contributed by atoms with van der Waals surface area (Å²) in [6.45, 7) is 6.44. The van der Waals surface area contributed by atoms with E-state index in [0.29, 0.717) is 6.54 Å². The fourth-order valence-corrected chi connectivity index (χ4v) is 1.42. The Balaban J connectivity index is 2.62. The average Bonchev–Trinajstić information content (AvgIpc) is 2.20. The smallest absolute Gasteiger partial charge is 0.0788 e. The van der Waals surface area contributed by atoms with E-state index in [0.717, 1.165) is 16.6 Å². The van der Waals surface area contributed by atoms with Gasteiger partial charge in [-0.2, -0.15) is 0 Å². The predicted octanol–water partition coefficient (Wildman–Crippen LogP) is 3.33. The summed E-state index contributed by atoms with van der Waals surface area (Å²) < 4.78 is 1.11. The number of halogens is 1. The molecule has 0 amide bonds. The Bertz CT molecular complexity index is 336. The molecule has 0 bridgehead atoms. The number of benzene rings is 1. The van der Waals surface area contributed by atoms with E-state index in [2.05, 4.69) is 27.3 Å². The summed E-state index contributed by atoms with van der Waals surface area (Å²) in [7, 11) is 0. The quantitative estimate of drug-likeness (QED) is 0.881. The number of anilines is 1. The Kier molecular flexibility index (Phi) is 4.17. The van der Waals surface area contributed by atoms with Gasteiger partial charge in [0.2, 0.25) is 0 Å². The molecular weight excluding hydrogens is 254 g/mol. The molecule has 2 nitrogen and oxygen atoms in total. The highest BCUT2D eigenvalue weighted by atomic mass is 79.9. The Morgan fingerprint density at radius 1 is 1.47 bits per heavy atom. The lowest BCUT2D eigenvalue weighted by molar-refractivity contribution is 0.0697. The second kappa shape index (κ2) is 4.99. The van der Waals surface area contributed by atoms with Crippen molar-refractivity contribution in [2.45, 2.75) is 32.8 Å². The van der Waals surface area contributed by atoms with Crippen LogP contribution in [0.5, 0.6) is 0 Å². The maximum absolute atomic E-state index is 9.84. The van der Waals surface area contributed by atoms with Gasteiger partial charge in [0.15, 0.2) is 0 Å². The van der Waals surface area contributed by atoms with E-state index in [1.54, 1.807) is 0 Å². The van der Waals surface area contributed by atoms with Crippen molar-refractivity contribution in [3.8, 4) is 0 Å². The van der Waals surface area contributed by atoms with Crippen LogP contribution in [0.25, 0.3) is 0 Å². The van der Waals surface area contributed by atoms with E-state index in [4.69, 9.17) is 0 Å². The number of rotatable bonds is 4. The summed E-state index contributed by atoms with van der Waals surface area (Å²) in [5.41, 5.74) is 1.60. The third kappa shape index (κ3) is 3.84. The molecule has 1 aromatic carbocycles. The minimum atomic E-state index is -0.638. The molecule has 1 atom stereocenters. The van der Waals surface area contributed by atoms with Gasteiger partial charge in [0.25, 0.3) is 0 Å². The summed E-state index contributed by atoms with van der Waals surface area (Å²) in [4.78, 5) is 0. The molecule has 0 saturated heterocycles. The van der Waals surface area contributed by atoms with Gasteiger partial charge in [-0.3, -0.25) is 0 Å². The van der Waals surface area contributed by atoms with E-state index in [1.807, 2.05) is 32.9 Å². The molecule has 0 aliphatic heterocycles. The van der Waals surface area contributed by atoms with E-state index in [9.17, 15) is 5.11 Å². The van der Waals surface area contributed by atoms with E-state index in [-0.39, 0.29) is 0 Å². The van der Waals surface area contributed by atoms with Gasteiger partial charge >= 0.3 is 0 Å². The van der Waals surface area contributed by atoms with E-state index < -0.39 is 5.60 Å². The number of hydrogen-bond donors (Lipinski definition) is 2. The molecule has 0 aromatic heterocycles. The van der Waals surface area contributed by atoms with Crippen LogP contribution in [0.2, 0.25) is 0 Å². The van der Waals surface area contributed by atoms with Crippen molar-refractivity contribution < 1.29 is 5.11 Å². The van der Waals surface area contributed by atoms with Gasteiger partial charge in [-0.25, -0.2) is 0 Å². The number of aryl methyl sites for hydroxylation is 1. The predicted molar refractivity (Wildman–Crippen MR) is 68.3 cm³/mol. The highest BCUT2D eigenvalue weighted by Crippen LogP contribution is 2.20. The lowest BCUT2D eigenvalue weighted by Crippen LogP contribution is -2.32. The minimum absolute atomic E-state index is 0.574. The standard InChI is InChI=1S/C12H18BrNO/c1-4-12(3,15)8-14-10-5-6-11(13)9(2)7-10/h5-7,14-15H,4,8H2,1-3H3. The van der Waals surface area contributed by atoms with Gasteiger partial charge in [-0.05, 0) is 44.0 Å². The average molecular weight is 272 g/mol. The third-order valence-corrected chi connectivity index (χ3v) is 3.48. The molecule has 15 heavy (non-hydrogen) atoms. The van der Waals surface area contributed by atoms with Crippen LogP contribution in [0.1, 0.15) is 25.8 Å². The lowest BCUT2D eigenvalue weighted by atomic mass is 10.0. The molecule has 0 aliphatic rings. The van der Waals surface area contributed by atoms with Gasteiger partial charge in [0.05, 0.1) is 5.60 Å². The van der Waals surface area contributed by atoms with Crippen molar-refractivity contribution in [1.29, 1.82) is 0 Å². The topological polar surface area (TPSA) is 32.3 Å². The fourth-order valence-electron chi connectivity index (χ4n) is 1.17. The zero-order valence-corrected chi connectivity index (χ0v) is 11.1. The molecule has 3 heteroatoms. The third-order valence-electron chi connectivity index (χ3n) is 2.59. The lowest BCUT2D eigenvalue weighted by Gasteiger charge is -2.22. The van der Waals surface area contributed by atoms with Crippen LogP contribution < -0.4 is 5.32 Å². The van der Waals surface area contributed by atoms with Gasteiger partial charge in [-0.15, -0.1) is 0 Å². The van der Waals surface area contributed by atoms with Gasteiger partial charge < -0.3 is 10.4 Å². The zero-order chi connectivity index (χ0) is 11.5. The largest absolute Gasteiger partial charge is 0.388 e. The van der Waals surface area contributed by atoms with Crippen LogP contribution in [0.3, 0.4) is 0 Å². The summed E-state index contributed by atoms with van der Waals surface area (Å²) in [5.74, 6) is 0. The summed E-state index contributed by atoms with van der Waals surface area (Å²) in [6.07, 6.45) is 0.746. The Labute approximate surface area is 99.8 Å². The number of hydrogen-bond acceptors (Lipinski definition) is 2. The number of nitrogens with one attached hydrogen (secondary N) is 1. The highest BCUT2D eigenvalue weighted by molar-refractivity contribution is 9.10. The fraction of sp³-hybridized carbons (Fsp3) is 0.500. The molecule has 0 fully saturated rings. The number of aliphatic hydroxyl groups is 1. The first-order valence-electron chi connectivity index (χ1n) is 5.17. The van der Waals surface area contributed by atoms with Gasteiger partial charge in [-0.1, -0.05) is 22.9 Å². The summed E-state index contributed by atoms with van der Waals surface area (Å²) in [5, 5.41) is 13.1. The van der Waals surface area contributed by atoms with Gasteiger partial charge in [0.1, 0.15) is 0 Å². The van der Waals surface area contributed by atoms with Crippen LogP contribution in [0.4, 0.5) is 5.69 Å². The first-order valence-corrected chi connectivity index (χ1v) is 5.96. The van der Waals surface area contributed by atoms with Crippen LogP contribution in [-0.2, 0) is 0 Å². The zero-order valence-electron chi connectivity index (χ0n) is 9.47. The second-order valence-corrected chi connectivity index (χ2v) is 5.02. The van der Waals surface area contributed by atoms with Crippen LogP contribution >= 0.6 is 15.9 Å². The van der Waals surface area contributed by atoms with E-state index >= 15 is 0 Å². The molecule has 0 spiro atoms. The molecule has 1 unspecified atom stereocenters. The van der Waals surface area contributed by atoms with Crippen molar-refractivity contribution in [1.82, 2.24) is 0 Å². The normalized spacial score (nSPS) is 14.7. The van der Waals surface area contributed by atoms with Crippen molar-refractivity contribution in [3.63, 3.8) is 0 Å². The summed E-state index contributed by atoms with van der Waals surface area (Å²) in [6, 6.07) is 6.08. The van der Waals surface area contributed by atoms with Crippen LogP contribution in [0, 0.1) is 6.92 Å². The van der Waals surface area contributed by atoms with E-state index in [1.165, 1.54) is 5.56 Å². The molecule has 1 aromatic rings. The first kappa shape index (κ1) is 12.5. The molecule has 0 aliphatic carbocycles. The molecule has 84 valence electrons. The van der Waals surface area contributed by atoms with Gasteiger partial charge in [0, 0.05) is 16.7 Å². The molecule has 0 heterocycles. The first-order chi connectivity index (χ1) is 6.94. The second-order valence-electron chi connectivity index (χ2n) is 4.17. The Hall–Kier alpha value is -0.540. The van der Waals surface area contributed by atoms with Crippen LogP contribution in [-0.4, -0.2) is 17.3 Å². The van der Waals surface area contributed by atoms with Crippen molar-refractivity contribution >= 4 is 21.6 Å².